The Balaban J connectivity index is 1.84. The van der Waals surface area contributed by atoms with Crippen LogP contribution in [0.1, 0.15) is 38.5 Å². The largest absolute Gasteiger partial charge is 0.355 e. The molecular weight excluding hydrogens is 242 g/mol. The van der Waals surface area contributed by atoms with Gasteiger partial charge in [-0.05, 0) is 33.4 Å². The molecule has 1 saturated heterocycles. The highest BCUT2D eigenvalue weighted by atomic mass is 16.2. The molecule has 1 saturated carbocycles. The molecule has 1 aliphatic carbocycles. The summed E-state index contributed by atoms with van der Waals surface area (Å²) in [5, 5.41) is 5.86. The number of nitrogens with one attached hydrogen (secondary N) is 2. The van der Waals surface area contributed by atoms with Gasteiger partial charge in [-0.25, -0.2) is 0 Å². The molecule has 2 fully saturated rings. The van der Waals surface area contributed by atoms with Crippen LogP contribution < -0.4 is 10.6 Å². The van der Waals surface area contributed by atoms with Crippen LogP contribution in [0.5, 0.6) is 0 Å². The van der Waals surface area contributed by atoms with Crippen LogP contribution in [0.2, 0.25) is 0 Å². The van der Waals surface area contributed by atoms with Crippen molar-refractivity contribution in [2.24, 2.45) is 5.92 Å². The lowest BCUT2D eigenvalue weighted by Gasteiger charge is -2.37. The average Bonchev–Trinajstić information content (AvgIpc) is 2.87. The van der Waals surface area contributed by atoms with E-state index in [1.54, 1.807) is 0 Å². The van der Waals surface area contributed by atoms with Crippen molar-refractivity contribution < 1.29 is 9.59 Å². The summed E-state index contributed by atoms with van der Waals surface area (Å²) in [6.07, 6.45) is 5.94. The van der Waals surface area contributed by atoms with E-state index in [0.717, 1.165) is 19.4 Å². The van der Waals surface area contributed by atoms with E-state index >= 15 is 0 Å². The lowest BCUT2D eigenvalue weighted by molar-refractivity contribution is -0.129. The van der Waals surface area contributed by atoms with E-state index in [1.807, 2.05) is 0 Å². The van der Waals surface area contributed by atoms with Gasteiger partial charge in [0.25, 0.3) is 0 Å². The molecule has 1 unspecified atom stereocenters. The first-order valence-electron chi connectivity index (χ1n) is 7.25. The molecule has 19 heavy (non-hydrogen) atoms. The van der Waals surface area contributed by atoms with Crippen LogP contribution in [-0.4, -0.2) is 49.4 Å². The molecular formula is C14H25N3O2. The first kappa shape index (κ1) is 14.3. The lowest BCUT2D eigenvalue weighted by atomic mass is 9.94. The van der Waals surface area contributed by atoms with Crippen molar-refractivity contribution in [3.8, 4) is 0 Å². The van der Waals surface area contributed by atoms with Gasteiger partial charge in [-0.3, -0.25) is 9.59 Å². The van der Waals surface area contributed by atoms with Gasteiger partial charge in [-0.1, -0.05) is 12.8 Å². The van der Waals surface area contributed by atoms with E-state index in [4.69, 9.17) is 0 Å². The first-order chi connectivity index (χ1) is 9.03. The fraction of sp³-hybridized carbons (Fsp3) is 0.857. The second-order valence-corrected chi connectivity index (χ2v) is 6.08. The minimum absolute atomic E-state index is 0.0571. The molecule has 108 valence electrons. The monoisotopic (exact) mass is 267 g/mol. The van der Waals surface area contributed by atoms with Crippen molar-refractivity contribution >= 4 is 11.8 Å². The number of hydrogen-bond donors (Lipinski definition) is 2. The summed E-state index contributed by atoms with van der Waals surface area (Å²) < 4.78 is 0. The van der Waals surface area contributed by atoms with Gasteiger partial charge in [0, 0.05) is 25.0 Å². The highest BCUT2D eigenvalue weighted by Crippen LogP contribution is 2.33. The maximum Gasteiger partial charge on any atom is 0.224 e. The molecule has 0 aromatic rings. The van der Waals surface area contributed by atoms with Gasteiger partial charge >= 0.3 is 0 Å². The molecule has 5 heteroatoms. The molecule has 2 N–H and O–H groups in total. The smallest absolute Gasteiger partial charge is 0.224 e. The number of likely N-dealkylation sites (N-methyl/N-ethyl adjacent to an activating group) is 1. The molecule has 1 heterocycles. The van der Waals surface area contributed by atoms with Gasteiger partial charge in [-0.2, -0.15) is 0 Å². The Morgan fingerprint density at radius 1 is 1.42 bits per heavy atom. The Morgan fingerprint density at radius 3 is 2.63 bits per heavy atom. The van der Waals surface area contributed by atoms with E-state index in [-0.39, 0.29) is 23.3 Å². The second kappa shape index (κ2) is 5.90. The fourth-order valence-corrected chi connectivity index (χ4v) is 3.17. The van der Waals surface area contributed by atoms with Crippen molar-refractivity contribution in [3.63, 3.8) is 0 Å². The number of carbonyl (C=O) groups excluding carboxylic acids is 2. The van der Waals surface area contributed by atoms with E-state index in [0.29, 0.717) is 19.4 Å². The van der Waals surface area contributed by atoms with Crippen molar-refractivity contribution in [1.29, 1.82) is 0 Å². The van der Waals surface area contributed by atoms with E-state index in [9.17, 15) is 9.59 Å². The molecule has 2 amide bonds. The number of amides is 2. The third kappa shape index (κ3) is 3.26. The molecule has 1 aliphatic heterocycles. The fourth-order valence-electron chi connectivity index (χ4n) is 3.17. The minimum atomic E-state index is -0.0571. The Hall–Kier alpha value is -1.10. The molecule has 5 nitrogen and oxygen atoms in total. The summed E-state index contributed by atoms with van der Waals surface area (Å²) in [6.45, 7) is 1.21. The normalized spacial score (nSPS) is 26.3. The zero-order valence-corrected chi connectivity index (χ0v) is 12.0. The van der Waals surface area contributed by atoms with Gasteiger partial charge in [0.1, 0.15) is 0 Å². The summed E-state index contributed by atoms with van der Waals surface area (Å²) >= 11 is 0. The molecule has 1 atom stereocenters. The van der Waals surface area contributed by atoms with E-state index in [1.165, 1.54) is 12.8 Å². The zero-order valence-electron chi connectivity index (χ0n) is 12.0. The third-order valence-electron chi connectivity index (χ3n) is 4.71. The van der Waals surface area contributed by atoms with Crippen LogP contribution >= 0.6 is 0 Å². The molecule has 0 aromatic carbocycles. The van der Waals surface area contributed by atoms with Gasteiger partial charge in [-0.15, -0.1) is 0 Å². The predicted molar refractivity (Wildman–Crippen MR) is 73.6 cm³/mol. The molecule has 0 spiro atoms. The highest BCUT2D eigenvalue weighted by molar-refractivity contribution is 5.83. The summed E-state index contributed by atoms with van der Waals surface area (Å²) in [5.74, 6) is 0.0936. The highest BCUT2D eigenvalue weighted by Gasteiger charge is 2.36. The Labute approximate surface area is 115 Å². The van der Waals surface area contributed by atoms with E-state index < -0.39 is 0 Å². The molecule has 2 aliphatic rings. The molecule has 0 bridgehead atoms. The van der Waals surface area contributed by atoms with Crippen molar-refractivity contribution in [2.45, 2.75) is 44.1 Å². The molecule has 0 aromatic heterocycles. The van der Waals surface area contributed by atoms with Crippen molar-refractivity contribution in [1.82, 2.24) is 15.5 Å². The number of hydrogen-bond acceptors (Lipinski definition) is 3. The Bertz CT molecular complexity index is 339. The van der Waals surface area contributed by atoms with Gasteiger partial charge in [0.15, 0.2) is 0 Å². The number of nitrogens with zero attached hydrogens (tertiary/aromatic N) is 1. The maximum atomic E-state index is 12.1. The van der Waals surface area contributed by atoms with Crippen LogP contribution in [0.4, 0.5) is 0 Å². The maximum absolute atomic E-state index is 12.1. The SMILES string of the molecule is CN(C)C1(CNC(=O)C2CCC(=O)NC2)CCCC1. The summed E-state index contributed by atoms with van der Waals surface area (Å²) in [7, 11) is 4.19. The lowest BCUT2D eigenvalue weighted by Crippen LogP contribution is -2.53. The molecule has 2 rings (SSSR count). The van der Waals surface area contributed by atoms with Gasteiger partial charge < -0.3 is 15.5 Å². The van der Waals surface area contributed by atoms with Gasteiger partial charge in [0.2, 0.25) is 11.8 Å². The van der Waals surface area contributed by atoms with Crippen LogP contribution in [0.25, 0.3) is 0 Å². The Morgan fingerprint density at radius 2 is 2.11 bits per heavy atom. The topological polar surface area (TPSA) is 61.4 Å². The third-order valence-corrected chi connectivity index (χ3v) is 4.71. The summed E-state index contributed by atoms with van der Waals surface area (Å²) in [5.41, 5.74) is 0.133. The van der Waals surface area contributed by atoms with Crippen molar-refractivity contribution in [3.05, 3.63) is 0 Å². The van der Waals surface area contributed by atoms with Gasteiger partial charge in [0.05, 0.1) is 5.92 Å². The predicted octanol–water partition coefficient (Wildman–Crippen LogP) is 0.503. The molecule has 0 radical (unpaired) electrons. The zero-order chi connectivity index (χ0) is 13.9. The van der Waals surface area contributed by atoms with Crippen molar-refractivity contribution in [2.75, 3.05) is 27.2 Å². The summed E-state index contributed by atoms with van der Waals surface area (Å²) in [4.78, 5) is 25.5. The first-order valence-corrected chi connectivity index (χ1v) is 7.25. The number of rotatable bonds is 4. The second-order valence-electron chi connectivity index (χ2n) is 6.08. The number of carbonyl (C=O) groups is 2. The standard InChI is InChI=1S/C14H25N3O2/c1-17(2)14(7-3-4-8-14)10-16-13(19)11-5-6-12(18)15-9-11/h11H,3-10H2,1-2H3,(H,15,18)(H,16,19). The van der Waals surface area contributed by atoms with Crippen LogP contribution in [-0.2, 0) is 9.59 Å². The van der Waals surface area contributed by atoms with Crippen LogP contribution in [0.15, 0.2) is 0 Å². The Kier molecular flexibility index (Phi) is 4.45. The van der Waals surface area contributed by atoms with Crippen LogP contribution in [0, 0.1) is 5.92 Å². The number of piperidine rings is 1. The summed E-state index contributed by atoms with van der Waals surface area (Å²) in [6, 6.07) is 0. The van der Waals surface area contributed by atoms with Crippen LogP contribution in [0.3, 0.4) is 0 Å². The average molecular weight is 267 g/mol. The quantitative estimate of drug-likeness (QED) is 0.780. The minimum Gasteiger partial charge on any atom is -0.355 e. The van der Waals surface area contributed by atoms with E-state index in [2.05, 4.69) is 29.6 Å².